The van der Waals surface area contributed by atoms with Gasteiger partial charge in [0.1, 0.15) is 5.75 Å². The summed E-state index contributed by atoms with van der Waals surface area (Å²) in [5, 5.41) is 14.2. The fourth-order valence-electron chi connectivity index (χ4n) is 3.91. The lowest BCUT2D eigenvalue weighted by Gasteiger charge is -2.06. The quantitative estimate of drug-likeness (QED) is 0.235. The Balaban J connectivity index is 1.90. The SMILES string of the molecule is COc1ccc(-c2[nH]n(-c3ccc([N+](=O)[O-])cc3)c(=O)c2C(C)=Nc2cc(C)cc(C)c2)cc1. The van der Waals surface area contributed by atoms with E-state index in [-0.39, 0.29) is 11.2 Å². The molecule has 0 saturated heterocycles. The number of aromatic amines is 1. The lowest BCUT2D eigenvalue weighted by molar-refractivity contribution is -0.384. The van der Waals surface area contributed by atoms with E-state index in [0.717, 1.165) is 22.4 Å². The summed E-state index contributed by atoms with van der Waals surface area (Å²) in [5.41, 5.74) is 5.41. The molecule has 1 aromatic heterocycles. The number of aromatic nitrogens is 2. The largest absolute Gasteiger partial charge is 0.497 e. The summed E-state index contributed by atoms with van der Waals surface area (Å²) in [6.07, 6.45) is 0. The Morgan fingerprint density at radius 1 is 1.00 bits per heavy atom. The van der Waals surface area contributed by atoms with Gasteiger partial charge in [0.05, 0.1) is 40.4 Å². The Labute approximate surface area is 196 Å². The van der Waals surface area contributed by atoms with Crippen LogP contribution in [0.15, 0.2) is 76.5 Å². The van der Waals surface area contributed by atoms with Gasteiger partial charge in [-0.25, -0.2) is 4.68 Å². The van der Waals surface area contributed by atoms with Crippen molar-refractivity contribution in [1.82, 2.24) is 9.78 Å². The summed E-state index contributed by atoms with van der Waals surface area (Å²) < 4.78 is 6.63. The monoisotopic (exact) mass is 456 g/mol. The van der Waals surface area contributed by atoms with Gasteiger partial charge in [-0.2, -0.15) is 0 Å². The molecule has 0 bridgehead atoms. The average Bonchev–Trinajstić information content (AvgIpc) is 3.15. The van der Waals surface area contributed by atoms with E-state index in [1.807, 2.05) is 50.2 Å². The minimum atomic E-state index is -0.476. The van der Waals surface area contributed by atoms with E-state index in [4.69, 9.17) is 9.73 Å². The van der Waals surface area contributed by atoms with Gasteiger partial charge in [0.15, 0.2) is 0 Å². The average molecular weight is 457 g/mol. The third-order valence-electron chi connectivity index (χ3n) is 5.45. The van der Waals surface area contributed by atoms with Crippen molar-refractivity contribution >= 4 is 17.1 Å². The molecule has 0 aliphatic heterocycles. The molecule has 0 fully saturated rings. The summed E-state index contributed by atoms with van der Waals surface area (Å²) in [5.74, 6) is 0.697. The van der Waals surface area contributed by atoms with Gasteiger partial charge in [-0.1, -0.05) is 6.07 Å². The molecule has 0 spiro atoms. The van der Waals surface area contributed by atoms with Crippen molar-refractivity contribution in [2.75, 3.05) is 7.11 Å². The third-order valence-corrected chi connectivity index (χ3v) is 5.45. The summed E-state index contributed by atoms with van der Waals surface area (Å²) in [7, 11) is 1.59. The maximum atomic E-state index is 13.6. The number of aryl methyl sites for hydroxylation is 2. The molecule has 0 saturated carbocycles. The lowest BCUT2D eigenvalue weighted by Crippen LogP contribution is -2.19. The number of H-pyrrole nitrogens is 1. The van der Waals surface area contributed by atoms with Crippen molar-refractivity contribution in [3.05, 3.63) is 104 Å². The number of nitrogens with one attached hydrogen (secondary N) is 1. The van der Waals surface area contributed by atoms with Crippen molar-refractivity contribution in [2.45, 2.75) is 20.8 Å². The van der Waals surface area contributed by atoms with Crippen LogP contribution in [0, 0.1) is 24.0 Å². The van der Waals surface area contributed by atoms with Crippen molar-refractivity contribution in [3.8, 4) is 22.7 Å². The number of methoxy groups -OCH3 is 1. The molecule has 4 aromatic rings. The number of rotatable bonds is 6. The molecule has 0 aliphatic carbocycles. The van der Waals surface area contributed by atoms with Crippen LogP contribution in [0.1, 0.15) is 23.6 Å². The maximum absolute atomic E-state index is 13.6. The van der Waals surface area contributed by atoms with Crippen LogP contribution in [0.2, 0.25) is 0 Å². The van der Waals surface area contributed by atoms with Gasteiger partial charge in [0.25, 0.3) is 11.2 Å². The molecular formula is C26H24N4O4. The first-order valence-corrected chi connectivity index (χ1v) is 10.6. The molecule has 0 aliphatic rings. The Hall–Kier alpha value is -4.46. The Bertz CT molecular complexity index is 1430. The normalized spacial score (nSPS) is 11.5. The standard InChI is InChI=1S/C26H24N4O4/c1-16-13-17(2)15-20(14-16)27-18(3)24-25(19-5-11-23(34-4)12-6-19)28-29(26(24)31)21-7-9-22(10-8-21)30(32)33/h5-15,28H,1-4H3. The fourth-order valence-corrected chi connectivity index (χ4v) is 3.91. The number of benzene rings is 3. The lowest BCUT2D eigenvalue weighted by atomic mass is 10.0. The molecule has 4 rings (SSSR count). The topological polar surface area (TPSA) is 103 Å². The third kappa shape index (κ3) is 4.52. The fraction of sp³-hybridized carbons (Fsp3) is 0.154. The zero-order valence-electron chi connectivity index (χ0n) is 19.3. The molecule has 3 aromatic carbocycles. The number of nitro benzene ring substituents is 1. The Kier molecular flexibility index (Phi) is 6.14. The number of hydrogen-bond acceptors (Lipinski definition) is 5. The van der Waals surface area contributed by atoms with Gasteiger partial charge in [-0.15, -0.1) is 0 Å². The molecular weight excluding hydrogens is 432 g/mol. The van der Waals surface area contributed by atoms with E-state index >= 15 is 0 Å². The minimum Gasteiger partial charge on any atom is -0.497 e. The number of nitrogens with zero attached hydrogens (tertiary/aromatic N) is 3. The zero-order chi connectivity index (χ0) is 24.4. The van der Waals surface area contributed by atoms with Crippen LogP contribution in [-0.4, -0.2) is 27.5 Å². The molecule has 8 nitrogen and oxygen atoms in total. The molecule has 0 atom stereocenters. The predicted octanol–water partition coefficient (Wildman–Crippen LogP) is 5.51. The van der Waals surface area contributed by atoms with Crippen molar-refractivity contribution in [2.24, 2.45) is 4.99 Å². The van der Waals surface area contributed by atoms with Crippen LogP contribution in [0.5, 0.6) is 5.75 Å². The van der Waals surface area contributed by atoms with Crippen molar-refractivity contribution in [1.29, 1.82) is 0 Å². The first kappa shape index (κ1) is 22.7. The minimum absolute atomic E-state index is 0.0495. The second kappa shape index (κ2) is 9.19. The van der Waals surface area contributed by atoms with E-state index < -0.39 is 4.92 Å². The van der Waals surface area contributed by atoms with E-state index in [0.29, 0.717) is 28.4 Å². The van der Waals surface area contributed by atoms with Crippen LogP contribution in [0.3, 0.4) is 0 Å². The van der Waals surface area contributed by atoms with Crippen molar-refractivity contribution < 1.29 is 9.66 Å². The van der Waals surface area contributed by atoms with Crippen LogP contribution >= 0.6 is 0 Å². The van der Waals surface area contributed by atoms with Crippen LogP contribution in [0.25, 0.3) is 16.9 Å². The highest BCUT2D eigenvalue weighted by Gasteiger charge is 2.20. The number of hydrogen-bond donors (Lipinski definition) is 1. The van der Waals surface area contributed by atoms with Gasteiger partial charge in [-0.3, -0.25) is 25.0 Å². The van der Waals surface area contributed by atoms with Gasteiger partial charge >= 0.3 is 0 Å². The van der Waals surface area contributed by atoms with Crippen LogP contribution in [-0.2, 0) is 0 Å². The number of non-ortho nitro benzene ring substituents is 1. The Morgan fingerprint density at radius 2 is 1.62 bits per heavy atom. The van der Waals surface area contributed by atoms with Gasteiger partial charge < -0.3 is 4.74 Å². The second-order valence-electron chi connectivity index (χ2n) is 8.05. The van der Waals surface area contributed by atoms with Crippen LogP contribution in [0.4, 0.5) is 11.4 Å². The highest BCUT2D eigenvalue weighted by Crippen LogP contribution is 2.26. The summed E-state index contributed by atoms with van der Waals surface area (Å²) in [4.78, 5) is 28.9. The maximum Gasteiger partial charge on any atom is 0.280 e. The van der Waals surface area contributed by atoms with E-state index in [9.17, 15) is 14.9 Å². The first-order chi connectivity index (χ1) is 16.3. The summed E-state index contributed by atoms with van der Waals surface area (Å²) in [6.45, 7) is 5.81. The molecule has 172 valence electrons. The highest BCUT2D eigenvalue weighted by molar-refractivity contribution is 6.04. The highest BCUT2D eigenvalue weighted by atomic mass is 16.6. The molecule has 1 heterocycles. The number of ether oxygens (including phenoxy) is 1. The molecule has 0 radical (unpaired) electrons. The number of nitro groups is 1. The molecule has 0 unspecified atom stereocenters. The van der Waals surface area contributed by atoms with Gasteiger partial charge in [-0.05, 0) is 80.4 Å². The van der Waals surface area contributed by atoms with Gasteiger partial charge in [0, 0.05) is 17.7 Å². The smallest absolute Gasteiger partial charge is 0.280 e. The molecule has 8 heteroatoms. The van der Waals surface area contributed by atoms with E-state index in [2.05, 4.69) is 11.2 Å². The van der Waals surface area contributed by atoms with E-state index in [1.54, 1.807) is 14.0 Å². The molecule has 1 N–H and O–H groups in total. The molecule has 0 amide bonds. The van der Waals surface area contributed by atoms with E-state index in [1.165, 1.54) is 28.9 Å². The summed E-state index contributed by atoms with van der Waals surface area (Å²) >= 11 is 0. The Morgan fingerprint density at radius 3 is 2.18 bits per heavy atom. The van der Waals surface area contributed by atoms with Crippen molar-refractivity contribution in [3.63, 3.8) is 0 Å². The summed E-state index contributed by atoms with van der Waals surface area (Å²) in [6, 6.07) is 19.1. The molecule has 34 heavy (non-hydrogen) atoms. The van der Waals surface area contributed by atoms with Crippen LogP contribution < -0.4 is 10.3 Å². The zero-order valence-corrected chi connectivity index (χ0v) is 19.3. The number of aliphatic imine (C=N–C) groups is 1. The second-order valence-corrected chi connectivity index (χ2v) is 8.05. The van der Waals surface area contributed by atoms with Gasteiger partial charge in [0.2, 0.25) is 0 Å². The first-order valence-electron chi connectivity index (χ1n) is 10.6. The predicted molar refractivity (Wildman–Crippen MR) is 133 cm³/mol.